The number of aryl methyl sites for hydroxylation is 2. The number of hydrogen-bond donors (Lipinski definition) is 2. The van der Waals surface area contributed by atoms with E-state index >= 15 is 0 Å². The Bertz CT molecular complexity index is 1240. The Morgan fingerprint density at radius 2 is 2.06 bits per heavy atom. The van der Waals surface area contributed by atoms with Gasteiger partial charge >= 0.3 is 0 Å². The van der Waals surface area contributed by atoms with Crippen LogP contribution in [0.1, 0.15) is 36.5 Å². The Kier molecular flexibility index (Phi) is 7.54. The minimum absolute atomic E-state index is 0.0648. The molecule has 180 valence electrons. The molecule has 34 heavy (non-hydrogen) atoms. The molecule has 4 rings (SSSR count). The molecule has 1 aliphatic heterocycles. The quantitative estimate of drug-likeness (QED) is 0.474. The molecule has 0 amide bonds. The van der Waals surface area contributed by atoms with Gasteiger partial charge in [0.05, 0.1) is 24.9 Å². The van der Waals surface area contributed by atoms with Crippen molar-refractivity contribution < 1.29 is 4.74 Å². The van der Waals surface area contributed by atoms with Gasteiger partial charge in [-0.1, -0.05) is 31.2 Å². The van der Waals surface area contributed by atoms with Crippen molar-refractivity contribution in [1.29, 1.82) is 0 Å². The number of hydrogen-bond acceptors (Lipinski definition) is 4. The van der Waals surface area contributed by atoms with Gasteiger partial charge in [-0.2, -0.15) is 0 Å². The number of benzene rings is 2. The molecule has 1 saturated heterocycles. The van der Waals surface area contributed by atoms with Crippen LogP contribution in [0.4, 0.5) is 5.69 Å². The van der Waals surface area contributed by atoms with Crippen LogP contribution in [-0.4, -0.2) is 52.7 Å². The van der Waals surface area contributed by atoms with Gasteiger partial charge in [-0.25, -0.2) is 0 Å². The highest BCUT2D eigenvalue weighted by molar-refractivity contribution is 7.80. The lowest BCUT2D eigenvalue weighted by atomic mass is 10.0. The lowest BCUT2D eigenvalue weighted by Gasteiger charge is -2.32. The van der Waals surface area contributed by atoms with Gasteiger partial charge in [0.15, 0.2) is 5.11 Å². The van der Waals surface area contributed by atoms with Crippen molar-refractivity contribution in [2.75, 3.05) is 32.1 Å². The highest BCUT2D eigenvalue weighted by atomic mass is 32.1. The first-order valence-corrected chi connectivity index (χ1v) is 12.4. The van der Waals surface area contributed by atoms with Crippen molar-refractivity contribution in [2.45, 2.75) is 46.2 Å². The molecular weight excluding hydrogens is 444 g/mol. The van der Waals surface area contributed by atoms with Gasteiger partial charge in [0.1, 0.15) is 5.75 Å². The molecule has 0 bridgehead atoms. The van der Waals surface area contributed by atoms with Crippen molar-refractivity contribution >= 4 is 33.9 Å². The fraction of sp³-hybridized carbons (Fsp3) is 0.407. The van der Waals surface area contributed by atoms with Crippen LogP contribution in [0.25, 0.3) is 10.9 Å². The first kappa shape index (κ1) is 24.2. The number of likely N-dealkylation sites (N-methyl/N-ethyl adjacent to an activating group) is 1. The van der Waals surface area contributed by atoms with Gasteiger partial charge in [-0.3, -0.25) is 9.69 Å². The normalized spacial score (nSPS) is 16.1. The van der Waals surface area contributed by atoms with Crippen LogP contribution < -0.4 is 15.6 Å². The average molecular weight is 479 g/mol. The minimum Gasteiger partial charge on any atom is -0.495 e. The number of rotatable bonds is 7. The number of fused-ring (bicyclic) bond motifs is 1. The summed E-state index contributed by atoms with van der Waals surface area (Å²) in [6.07, 6.45) is 2.32. The predicted octanol–water partition coefficient (Wildman–Crippen LogP) is 4.84. The van der Waals surface area contributed by atoms with Gasteiger partial charge < -0.3 is 19.9 Å². The monoisotopic (exact) mass is 478 g/mol. The van der Waals surface area contributed by atoms with E-state index in [9.17, 15) is 4.79 Å². The molecule has 0 saturated carbocycles. The van der Waals surface area contributed by atoms with E-state index in [1.165, 1.54) is 12.0 Å². The summed E-state index contributed by atoms with van der Waals surface area (Å²) in [6, 6.07) is 14.3. The zero-order valence-corrected chi connectivity index (χ0v) is 21.3. The average Bonchev–Trinajstić information content (AvgIpc) is 3.29. The SMILES string of the molecule is CCN1CCC[C@@H]1CN(Cc1cc2ccc(C)c(C)c2[nH]c1=O)C(=S)Nc1ccccc1OC. The van der Waals surface area contributed by atoms with Crippen molar-refractivity contribution in [1.82, 2.24) is 14.8 Å². The number of methoxy groups -OCH3 is 1. The number of nitrogens with zero attached hydrogens (tertiary/aromatic N) is 2. The lowest BCUT2D eigenvalue weighted by molar-refractivity contribution is 0.221. The molecular formula is C27H34N4O2S. The molecule has 1 aliphatic rings. The Morgan fingerprint density at radius 1 is 1.26 bits per heavy atom. The van der Waals surface area contributed by atoms with Gasteiger partial charge in [-0.05, 0) is 86.7 Å². The summed E-state index contributed by atoms with van der Waals surface area (Å²) in [5.41, 5.74) is 4.64. The minimum atomic E-state index is -0.0648. The first-order chi connectivity index (χ1) is 16.4. The summed E-state index contributed by atoms with van der Waals surface area (Å²) in [7, 11) is 1.65. The maximum atomic E-state index is 13.1. The maximum absolute atomic E-state index is 13.1. The van der Waals surface area contributed by atoms with E-state index in [-0.39, 0.29) is 5.56 Å². The first-order valence-electron chi connectivity index (χ1n) is 12.0. The number of likely N-dealkylation sites (tertiary alicyclic amines) is 1. The van der Waals surface area contributed by atoms with E-state index < -0.39 is 0 Å². The number of aromatic amines is 1. The van der Waals surface area contributed by atoms with E-state index in [1.54, 1.807) is 7.11 Å². The summed E-state index contributed by atoms with van der Waals surface area (Å²) >= 11 is 5.88. The number of anilines is 1. The van der Waals surface area contributed by atoms with Crippen LogP contribution >= 0.6 is 12.2 Å². The number of para-hydroxylation sites is 2. The smallest absolute Gasteiger partial charge is 0.253 e. The van der Waals surface area contributed by atoms with Crippen molar-refractivity contribution in [3.63, 3.8) is 0 Å². The van der Waals surface area contributed by atoms with Crippen molar-refractivity contribution in [2.24, 2.45) is 0 Å². The molecule has 3 aromatic rings. The van der Waals surface area contributed by atoms with Gasteiger partial charge in [0, 0.05) is 18.2 Å². The molecule has 2 N–H and O–H groups in total. The van der Waals surface area contributed by atoms with Crippen LogP contribution in [-0.2, 0) is 6.54 Å². The largest absolute Gasteiger partial charge is 0.495 e. The zero-order chi connectivity index (χ0) is 24.2. The Labute approximate surface area is 206 Å². The summed E-state index contributed by atoms with van der Waals surface area (Å²) in [4.78, 5) is 20.8. The molecule has 0 spiro atoms. The third-order valence-electron chi connectivity index (χ3n) is 6.96. The summed E-state index contributed by atoms with van der Waals surface area (Å²) < 4.78 is 5.50. The third kappa shape index (κ3) is 5.10. The fourth-order valence-electron chi connectivity index (χ4n) is 4.83. The summed E-state index contributed by atoms with van der Waals surface area (Å²) in [5.74, 6) is 0.732. The number of nitrogens with one attached hydrogen (secondary N) is 2. The van der Waals surface area contributed by atoms with Crippen LogP contribution in [0.15, 0.2) is 47.3 Å². The van der Waals surface area contributed by atoms with Crippen molar-refractivity contribution in [3.05, 3.63) is 69.5 Å². The number of ether oxygens (including phenoxy) is 1. The van der Waals surface area contributed by atoms with Crippen LogP contribution in [0.2, 0.25) is 0 Å². The summed E-state index contributed by atoms with van der Waals surface area (Å²) in [6.45, 7) is 9.63. The number of aromatic nitrogens is 1. The molecule has 1 atom stereocenters. The Morgan fingerprint density at radius 3 is 2.82 bits per heavy atom. The predicted molar refractivity (Wildman–Crippen MR) is 144 cm³/mol. The molecule has 1 fully saturated rings. The maximum Gasteiger partial charge on any atom is 0.253 e. The van der Waals surface area contributed by atoms with E-state index in [2.05, 4.69) is 46.1 Å². The van der Waals surface area contributed by atoms with E-state index in [1.807, 2.05) is 37.3 Å². The molecule has 0 unspecified atom stereocenters. The third-order valence-corrected chi connectivity index (χ3v) is 7.32. The molecule has 2 aromatic carbocycles. The second-order valence-electron chi connectivity index (χ2n) is 9.03. The summed E-state index contributed by atoms with van der Waals surface area (Å²) in [5, 5.41) is 4.99. The Balaban J connectivity index is 1.65. The van der Waals surface area contributed by atoms with E-state index in [0.717, 1.165) is 54.0 Å². The molecule has 0 aliphatic carbocycles. The van der Waals surface area contributed by atoms with E-state index in [0.29, 0.717) is 23.3 Å². The van der Waals surface area contributed by atoms with Gasteiger partial charge in [-0.15, -0.1) is 0 Å². The van der Waals surface area contributed by atoms with Crippen LogP contribution in [0.5, 0.6) is 5.75 Å². The highest BCUT2D eigenvalue weighted by Gasteiger charge is 2.27. The number of pyridine rings is 1. The zero-order valence-electron chi connectivity index (χ0n) is 20.5. The van der Waals surface area contributed by atoms with Gasteiger partial charge in [0.2, 0.25) is 0 Å². The molecule has 2 heterocycles. The fourth-order valence-corrected chi connectivity index (χ4v) is 5.08. The molecule has 1 aromatic heterocycles. The lowest BCUT2D eigenvalue weighted by Crippen LogP contribution is -2.44. The molecule has 0 radical (unpaired) electrons. The second-order valence-corrected chi connectivity index (χ2v) is 9.42. The molecule has 7 heteroatoms. The second kappa shape index (κ2) is 10.6. The number of H-pyrrole nitrogens is 1. The van der Waals surface area contributed by atoms with Crippen LogP contribution in [0, 0.1) is 13.8 Å². The van der Waals surface area contributed by atoms with Crippen molar-refractivity contribution in [3.8, 4) is 5.75 Å². The highest BCUT2D eigenvalue weighted by Crippen LogP contribution is 2.25. The van der Waals surface area contributed by atoms with E-state index in [4.69, 9.17) is 17.0 Å². The standard InChI is InChI=1S/C27H34N4O2S/c1-5-30-14-8-9-22(30)17-31(27(34)28-23-10-6-7-11-24(23)33-4)16-21-15-20-13-12-18(2)19(3)25(20)29-26(21)32/h6-7,10-13,15,22H,5,8-9,14,16-17H2,1-4H3,(H,28,34)(H,29,32)/t22-/m1/s1. The Hall–Kier alpha value is -2.90. The molecule has 6 nitrogen and oxygen atoms in total. The topological polar surface area (TPSA) is 60.6 Å². The van der Waals surface area contributed by atoms with Gasteiger partial charge in [0.25, 0.3) is 5.56 Å². The van der Waals surface area contributed by atoms with Crippen LogP contribution in [0.3, 0.4) is 0 Å². The number of thiocarbonyl (C=S) groups is 1.